The number of benzene rings is 1. The van der Waals surface area contributed by atoms with Gasteiger partial charge in [-0.25, -0.2) is 0 Å². The first-order chi connectivity index (χ1) is 10.1. The zero-order valence-corrected chi connectivity index (χ0v) is 11.8. The highest BCUT2D eigenvalue weighted by atomic mass is 19.3. The lowest BCUT2D eigenvalue weighted by molar-refractivity contribution is -0.0518. The Morgan fingerprint density at radius 2 is 2.14 bits per heavy atom. The van der Waals surface area contributed by atoms with E-state index in [1.54, 1.807) is 29.1 Å². The van der Waals surface area contributed by atoms with Crippen molar-refractivity contribution < 1.29 is 18.3 Å². The number of aryl methyl sites for hydroxylation is 1. The van der Waals surface area contributed by atoms with Crippen LogP contribution < -0.4 is 14.8 Å². The quantitative estimate of drug-likeness (QED) is 0.852. The van der Waals surface area contributed by atoms with Gasteiger partial charge in [-0.2, -0.15) is 13.9 Å². The Hall–Kier alpha value is -2.15. The molecule has 1 N–H and O–H groups in total. The molecule has 114 valence electrons. The molecule has 21 heavy (non-hydrogen) atoms. The van der Waals surface area contributed by atoms with Gasteiger partial charge in [0.05, 0.1) is 13.3 Å². The highest BCUT2D eigenvalue weighted by Crippen LogP contribution is 2.32. The summed E-state index contributed by atoms with van der Waals surface area (Å²) in [5.74, 6) is 0.352. The van der Waals surface area contributed by atoms with Gasteiger partial charge in [0.1, 0.15) is 0 Å². The van der Waals surface area contributed by atoms with Gasteiger partial charge in [-0.3, -0.25) is 4.68 Å². The average Bonchev–Trinajstić information content (AvgIpc) is 2.85. The van der Waals surface area contributed by atoms with Crippen molar-refractivity contribution in [2.45, 2.75) is 19.7 Å². The smallest absolute Gasteiger partial charge is 0.387 e. The second-order valence-electron chi connectivity index (χ2n) is 4.45. The van der Waals surface area contributed by atoms with Crippen molar-refractivity contribution in [3.63, 3.8) is 0 Å². The first kappa shape index (κ1) is 15.2. The van der Waals surface area contributed by atoms with E-state index in [1.807, 2.05) is 13.2 Å². The van der Waals surface area contributed by atoms with Crippen LogP contribution in [-0.2, 0) is 20.1 Å². The van der Waals surface area contributed by atoms with E-state index in [-0.39, 0.29) is 11.5 Å². The zero-order chi connectivity index (χ0) is 15.2. The summed E-state index contributed by atoms with van der Waals surface area (Å²) in [7, 11) is 3.25. The largest absolute Gasteiger partial charge is 0.493 e. The summed E-state index contributed by atoms with van der Waals surface area (Å²) in [5.41, 5.74) is 1.62. The van der Waals surface area contributed by atoms with Gasteiger partial charge in [-0.15, -0.1) is 0 Å². The Bertz CT molecular complexity index is 587. The number of nitrogens with one attached hydrogen (secondary N) is 1. The lowest BCUT2D eigenvalue weighted by atomic mass is 10.2. The minimum Gasteiger partial charge on any atom is -0.493 e. The van der Waals surface area contributed by atoms with Crippen LogP contribution in [0.25, 0.3) is 0 Å². The van der Waals surface area contributed by atoms with Crippen molar-refractivity contribution in [1.29, 1.82) is 0 Å². The maximum atomic E-state index is 12.5. The van der Waals surface area contributed by atoms with Crippen molar-refractivity contribution in [3.05, 3.63) is 41.7 Å². The summed E-state index contributed by atoms with van der Waals surface area (Å²) >= 11 is 0. The number of methoxy groups -OCH3 is 1. The van der Waals surface area contributed by atoms with Gasteiger partial charge >= 0.3 is 6.61 Å². The number of hydrogen-bond donors (Lipinski definition) is 1. The van der Waals surface area contributed by atoms with Crippen molar-refractivity contribution in [2.24, 2.45) is 7.05 Å². The first-order valence-electron chi connectivity index (χ1n) is 6.39. The summed E-state index contributed by atoms with van der Waals surface area (Å²) in [4.78, 5) is 0. The molecule has 0 aliphatic rings. The van der Waals surface area contributed by atoms with E-state index in [1.165, 1.54) is 7.11 Å². The van der Waals surface area contributed by atoms with Gasteiger partial charge in [0.2, 0.25) is 0 Å². The maximum Gasteiger partial charge on any atom is 0.387 e. The molecule has 0 unspecified atom stereocenters. The van der Waals surface area contributed by atoms with Gasteiger partial charge in [0, 0.05) is 37.5 Å². The molecule has 0 saturated carbocycles. The predicted molar refractivity (Wildman–Crippen MR) is 73.4 cm³/mol. The minimum absolute atomic E-state index is 0.0636. The molecule has 5 nitrogen and oxygen atoms in total. The van der Waals surface area contributed by atoms with E-state index in [0.29, 0.717) is 18.7 Å². The summed E-state index contributed by atoms with van der Waals surface area (Å²) in [6.07, 6.45) is 3.63. The Balaban J connectivity index is 2.04. The molecule has 2 aromatic rings. The average molecular weight is 297 g/mol. The Labute approximate surface area is 121 Å². The molecule has 1 aromatic carbocycles. The molecular formula is C14H17F2N3O2. The third-order valence-corrected chi connectivity index (χ3v) is 2.89. The molecule has 1 heterocycles. The SMILES string of the molecule is COc1cccc(CNCc2cnn(C)c2)c1OC(F)F. The third-order valence-electron chi connectivity index (χ3n) is 2.89. The standard InChI is InChI=1S/C14H17F2N3O2/c1-19-9-10(7-18-19)6-17-8-11-4-3-5-12(20-2)13(11)21-14(15)16/h3-5,7,9,14,17H,6,8H2,1-2H3. The zero-order valence-electron chi connectivity index (χ0n) is 11.8. The van der Waals surface area contributed by atoms with Gasteiger partial charge in [0.25, 0.3) is 0 Å². The van der Waals surface area contributed by atoms with Crippen LogP contribution in [-0.4, -0.2) is 23.5 Å². The fourth-order valence-corrected chi connectivity index (χ4v) is 1.99. The number of para-hydroxylation sites is 1. The minimum atomic E-state index is -2.89. The molecule has 0 saturated heterocycles. The molecule has 0 aliphatic heterocycles. The van der Waals surface area contributed by atoms with Gasteiger partial charge < -0.3 is 14.8 Å². The second-order valence-corrected chi connectivity index (χ2v) is 4.45. The van der Waals surface area contributed by atoms with Gasteiger partial charge in [0.15, 0.2) is 11.5 Å². The molecule has 2 rings (SSSR count). The fraction of sp³-hybridized carbons (Fsp3) is 0.357. The highest BCUT2D eigenvalue weighted by Gasteiger charge is 2.14. The van der Waals surface area contributed by atoms with E-state index in [2.05, 4.69) is 15.2 Å². The molecule has 0 radical (unpaired) electrons. The Morgan fingerprint density at radius 3 is 2.76 bits per heavy atom. The summed E-state index contributed by atoms with van der Waals surface area (Å²) < 4.78 is 36.3. The van der Waals surface area contributed by atoms with Crippen LogP contribution in [0.15, 0.2) is 30.6 Å². The number of alkyl halides is 2. The number of nitrogens with zero attached hydrogens (tertiary/aromatic N) is 2. The third kappa shape index (κ3) is 4.16. The summed E-state index contributed by atoms with van der Waals surface area (Å²) in [6, 6.07) is 5.04. The Morgan fingerprint density at radius 1 is 1.33 bits per heavy atom. The van der Waals surface area contributed by atoms with Crippen molar-refractivity contribution in [3.8, 4) is 11.5 Å². The van der Waals surface area contributed by atoms with E-state index in [0.717, 1.165) is 5.56 Å². The first-order valence-corrected chi connectivity index (χ1v) is 6.39. The molecule has 0 amide bonds. The molecule has 0 aliphatic carbocycles. The van der Waals surface area contributed by atoms with Crippen LogP contribution in [0.2, 0.25) is 0 Å². The van der Waals surface area contributed by atoms with Gasteiger partial charge in [-0.1, -0.05) is 12.1 Å². The maximum absolute atomic E-state index is 12.5. The van der Waals surface area contributed by atoms with Crippen molar-refractivity contribution >= 4 is 0 Å². The number of ether oxygens (including phenoxy) is 2. The Kier molecular flexibility index (Phi) is 5.10. The number of rotatable bonds is 7. The van der Waals surface area contributed by atoms with E-state index in [9.17, 15) is 8.78 Å². The molecule has 0 fully saturated rings. The number of halogens is 2. The summed E-state index contributed by atoms with van der Waals surface area (Å²) in [5, 5.41) is 7.22. The van der Waals surface area contributed by atoms with Gasteiger partial charge in [-0.05, 0) is 6.07 Å². The van der Waals surface area contributed by atoms with Crippen LogP contribution in [0, 0.1) is 0 Å². The van der Waals surface area contributed by atoms with E-state index in [4.69, 9.17) is 4.74 Å². The van der Waals surface area contributed by atoms with Crippen molar-refractivity contribution in [1.82, 2.24) is 15.1 Å². The van der Waals surface area contributed by atoms with Crippen LogP contribution in [0.1, 0.15) is 11.1 Å². The monoisotopic (exact) mass is 297 g/mol. The van der Waals surface area contributed by atoms with Crippen LogP contribution >= 0.6 is 0 Å². The molecule has 0 spiro atoms. The number of hydrogen-bond acceptors (Lipinski definition) is 4. The number of aromatic nitrogens is 2. The lowest BCUT2D eigenvalue weighted by Gasteiger charge is -2.14. The molecule has 0 atom stereocenters. The van der Waals surface area contributed by atoms with E-state index < -0.39 is 6.61 Å². The highest BCUT2D eigenvalue weighted by molar-refractivity contribution is 5.46. The molecular weight excluding hydrogens is 280 g/mol. The topological polar surface area (TPSA) is 48.3 Å². The van der Waals surface area contributed by atoms with Crippen LogP contribution in [0.5, 0.6) is 11.5 Å². The normalized spacial score (nSPS) is 10.9. The molecule has 7 heteroatoms. The molecule has 1 aromatic heterocycles. The summed E-state index contributed by atoms with van der Waals surface area (Å²) in [6.45, 7) is -1.92. The van der Waals surface area contributed by atoms with E-state index >= 15 is 0 Å². The fourth-order valence-electron chi connectivity index (χ4n) is 1.99. The van der Waals surface area contributed by atoms with Crippen LogP contribution in [0.4, 0.5) is 8.78 Å². The second kappa shape index (κ2) is 7.03. The van der Waals surface area contributed by atoms with Crippen LogP contribution in [0.3, 0.4) is 0 Å². The molecule has 0 bridgehead atoms. The lowest BCUT2D eigenvalue weighted by Crippen LogP contribution is -2.14. The van der Waals surface area contributed by atoms with Crippen molar-refractivity contribution in [2.75, 3.05) is 7.11 Å². The predicted octanol–water partition coefficient (Wildman–Crippen LogP) is 2.32.